The first-order chi connectivity index (χ1) is 34.0. The molecule has 0 saturated heterocycles. The van der Waals surface area contributed by atoms with Crippen molar-refractivity contribution >= 4 is 47.3 Å². The molecule has 0 saturated carbocycles. The van der Waals surface area contributed by atoms with E-state index in [1.807, 2.05) is 51.1 Å². The SMILES string of the molecule is CC(C)[C@H](NC(=O)CCCCCN1C(=O)C=CC1=O)C(=O)N[C@@H](C)C(=O)N[C@@H](CCCCNC(=O)[C@@H](N)CCN(C(=O)CO)[C@@H](c1nn(-c2cc(F)ccc2F)cc1Cc1ccccc1)C(C)(C)C)C(=O)O. The van der Waals surface area contributed by atoms with Gasteiger partial charge in [0.25, 0.3) is 11.8 Å². The first-order valence-electron chi connectivity index (χ1n) is 24.2. The molecule has 4 rings (SSSR count). The number of nitrogens with zero attached hydrogens (tertiary/aromatic N) is 4. The molecule has 1 aliphatic rings. The average molecular weight is 1010 g/mol. The number of carbonyl (C=O) groups excluding carboxylic acids is 7. The number of unbranched alkanes of at least 4 members (excludes halogenated alkanes) is 3. The fourth-order valence-electron chi connectivity index (χ4n) is 8.22. The van der Waals surface area contributed by atoms with Gasteiger partial charge in [-0.3, -0.25) is 38.5 Å². The highest BCUT2D eigenvalue weighted by Crippen LogP contribution is 2.40. The van der Waals surface area contributed by atoms with Gasteiger partial charge in [-0.25, -0.2) is 18.3 Å². The number of carbonyl (C=O) groups is 8. The molecule has 3 aromatic rings. The zero-order valence-corrected chi connectivity index (χ0v) is 41.8. The van der Waals surface area contributed by atoms with E-state index < -0.39 is 89.4 Å². The van der Waals surface area contributed by atoms with Crippen LogP contribution in [0, 0.1) is 23.0 Å². The van der Waals surface area contributed by atoms with Gasteiger partial charge >= 0.3 is 5.97 Å². The van der Waals surface area contributed by atoms with Gasteiger partial charge in [-0.05, 0) is 74.5 Å². The maximum absolute atomic E-state index is 15.1. The van der Waals surface area contributed by atoms with E-state index in [2.05, 4.69) is 21.3 Å². The topological polar surface area (TPSA) is 275 Å². The fourth-order valence-corrected chi connectivity index (χ4v) is 8.22. The molecule has 19 nitrogen and oxygen atoms in total. The third-order valence-electron chi connectivity index (χ3n) is 12.1. The maximum atomic E-state index is 15.1. The van der Waals surface area contributed by atoms with Crippen molar-refractivity contribution in [2.45, 2.75) is 130 Å². The van der Waals surface area contributed by atoms with E-state index in [1.165, 1.54) is 28.7 Å². The lowest BCUT2D eigenvalue weighted by Gasteiger charge is -2.40. The number of aliphatic hydroxyl groups is 1. The number of nitrogens with two attached hydrogens (primary N) is 1. The Morgan fingerprint density at radius 3 is 2.14 bits per heavy atom. The molecule has 1 aromatic heterocycles. The van der Waals surface area contributed by atoms with Crippen LogP contribution in [0.3, 0.4) is 0 Å². The molecule has 2 aromatic carbocycles. The lowest BCUT2D eigenvalue weighted by atomic mass is 9.81. The third-order valence-corrected chi connectivity index (χ3v) is 12.1. The van der Waals surface area contributed by atoms with Crippen LogP contribution < -0.4 is 27.0 Å². The Morgan fingerprint density at radius 1 is 0.833 bits per heavy atom. The second-order valence-corrected chi connectivity index (χ2v) is 19.3. The number of imide groups is 1. The van der Waals surface area contributed by atoms with Crippen molar-refractivity contribution in [3.8, 4) is 5.69 Å². The second-order valence-electron chi connectivity index (χ2n) is 19.3. The zero-order chi connectivity index (χ0) is 53.3. The molecule has 5 atom stereocenters. The summed E-state index contributed by atoms with van der Waals surface area (Å²) in [4.78, 5) is 104. The number of halogens is 2. The molecule has 0 aliphatic carbocycles. The molecule has 0 bridgehead atoms. The van der Waals surface area contributed by atoms with E-state index in [0.29, 0.717) is 43.4 Å². The molecule has 21 heteroatoms. The summed E-state index contributed by atoms with van der Waals surface area (Å²) in [5.74, 6) is -6.85. The summed E-state index contributed by atoms with van der Waals surface area (Å²) in [6.07, 6.45) is 6.42. The molecule has 2 heterocycles. The highest BCUT2D eigenvalue weighted by molar-refractivity contribution is 6.12. The van der Waals surface area contributed by atoms with Crippen LogP contribution in [0.5, 0.6) is 0 Å². The van der Waals surface area contributed by atoms with Crippen LogP contribution in [-0.4, -0.2) is 128 Å². The van der Waals surface area contributed by atoms with Crippen LogP contribution in [0.2, 0.25) is 0 Å². The van der Waals surface area contributed by atoms with E-state index in [4.69, 9.17) is 10.8 Å². The number of rotatable bonds is 28. The Morgan fingerprint density at radius 2 is 1.51 bits per heavy atom. The first-order valence-corrected chi connectivity index (χ1v) is 24.2. The Hall–Kier alpha value is -6.87. The summed E-state index contributed by atoms with van der Waals surface area (Å²) in [6.45, 7) is 9.77. The first kappa shape index (κ1) is 57.7. The van der Waals surface area contributed by atoms with Gasteiger partial charge in [-0.2, -0.15) is 5.10 Å². The molecular weight excluding hydrogens is 937 g/mol. The van der Waals surface area contributed by atoms with Gasteiger partial charge in [0.1, 0.15) is 42.1 Å². The van der Waals surface area contributed by atoms with Crippen LogP contribution in [0.15, 0.2) is 66.9 Å². The van der Waals surface area contributed by atoms with Crippen LogP contribution in [0.25, 0.3) is 5.69 Å². The number of aromatic nitrogens is 2. The molecule has 0 spiro atoms. The van der Waals surface area contributed by atoms with Crippen molar-refractivity contribution in [1.82, 2.24) is 40.8 Å². The molecule has 0 unspecified atom stereocenters. The van der Waals surface area contributed by atoms with Gasteiger partial charge in [0.05, 0.1) is 17.8 Å². The highest BCUT2D eigenvalue weighted by atomic mass is 19.1. The van der Waals surface area contributed by atoms with Gasteiger partial charge in [-0.15, -0.1) is 0 Å². The normalized spacial score (nSPS) is 14.6. The summed E-state index contributed by atoms with van der Waals surface area (Å²) in [6, 6.07) is 6.93. The number of aliphatic hydroxyl groups excluding tert-OH is 1. The van der Waals surface area contributed by atoms with E-state index in [1.54, 1.807) is 20.0 Å². The van der Waals surface area contributed by atoms with Crippen molar-refractivity contribution in [2.75, 3.05) is 26.2 Å². The quantitative estimate of drug-likeness (QED) is 0.0408. The minimum absolute atomic E-state index is 0.0177. The monoisotopic (exact) mass is 1010 g/mol. The van der Waals surface area contributed by atoms with E-state index in [0.717, 1.165) is 28.7 Å². The molecule has 0 fully saturated rings. The average Bonchev–Trinajstić information content (AvgIpc) is 3.88. The number of carboxylic acids is 1. The molecule has 392 valence electrons. The number of hydrogen-bond donors (Lipinski definition) is 7. The number of benzene rings is 2. The molecule has 1 aliphatic heterocycles. The summed E-state index contributed by atoms with van der Waals surface area (Å²) in [5, 5.41) is 35.1. The van der Waals surface area contributed by atoms with Gasteiger partial charge in [0.2, 0.25) is 29.5 Å². The molecule has 8 N–H and O–H groups in total. The lowest BCUT2D eigenvalue weighted by molar-refractivity contribution is -0.142. The largest absolute Gasteiger partial charge is 0.480 e. The van der Waals surface area contributed by atoms with Gasteiger partial charge < -0.3 is 42.1 Å². The molecule has 7 amide bonds. The van der Waals surface area contributed by atoms with Gasteiger partial charge in [-0.1, -0.05) is 71.4 Å². The Bertz CT molecular complexity index is 2410. The lowest BCUT2D eigenvalue weighted by Crippen LogP contribution is -2.56. The van der Waals surface area contributed by atoms with Crippen molar-refractivity contribution in [3.05, 3.63) is 95.3 Å². The standard InChI is InChI=1S/C51H69F2N9O10/c1-31(2)44(58-40(64)18-11-8-14-25-60-41(65)21-22-42(60)66)49(70)56-32(3)47(68)57-38(50(71)72)17-12-13-24-55-48(69)37(54)23-26-61(43(67)30-63)46(51(4,5)6)45-34(27-33-15-9-7-10-16-33)29-62(59-45)39-28-35(52)19-20-36(39)53/h7,9-10,15-16,19-22,28-29,31-32,37-38,44,46,63H,8,11-14,17-18,23-27,30,54H2,1-6H3,(H,55,69)(H,56,70)(H,57,68)(H,58,64)(H,71,72)/t32-,37-,38-,44-,46-/m0/s1. The summed E-state index contributed by atoms with van der Waals surface area (Å²) in [7, 11) is 0. The summed E-state index contributed by atoms with van der Waals surface area (Å²) in [5.41, 5.74) is 7.31. The molecule has 72 heavy (non-hydrogen) atoms. The number of amides is 7. The maximum Gasteiger partial charge on any atom is 0.326 e. The minimum atomic E-state index is -1.33. The highest BCUT2D eigenvalue weighted by Gasteiger charge is 2.39. The number of nitrogens with one attached hydrogen (secondary N) is 4. The second kappa shape index (κ2) is 27.1. The zero-order valence-electron chi connectivity index (χ0n) is 41.8. The number of carboxylic acid groups (broad SMARTS) is 1. The van der Waals surface area contributed by atoms with Crippen molar-refractivity contribution in [1.29, 1.82) is 0 Å². The molecular formula is C51H69F2N9O10. The third kappa shape index (κ3) is 16.9. The van der Waals surface area contributed by atoms with Crippen molar-refractivity contribution in [3.63, 3.8) is 0 Å². The predicted molar refractivity (Wildman–Crippen MR) is 261 cm³/mol. The molecule has 0 radical (unpaired) electrons. The Balaban J connectivity index is 1.28. The number of hydrogen-bond acceptors (Lipinski definition) is 11. The van der Waals surface area contributed by atoms with Crippen LogP contribution in [-0.2, 0) is 44.8 Å². The Labute approximate surface area is 418 Å². The van der Waals surface area contributed by atoms with Crippen molar-refractivity contribution in [2.24, 2.45) is 17.1 Å². The van der Waals surface area contributed by atoms with Gasteiger partial charge in [0.15, 0.2) is 0 Å². The fraction of sp³-hybridized carbons (Fsp3) is 0.510. The van der Waals surface area contributed by atoms with Gasteiger partial charge in [0, 0.05) is 62.5 Å². The van der Waals surface area contributed by atoms with Crippen LogP contribution in [0.1, 0.15) is 116 Å². The smallest absolute Gasteiger partial charge is 0.326 e. The van der Waals surface area contributed by atoms with E-state index >= 15 is 4.39 Å². The van der Waals surface area contributed by atoms with E-state index in [9.17, 15) is 53.0 Å². The number of aliphatic carboxylic acids is 1. The summed E-state index contributed by atoms with van der Waals surface area (Å²) < 4.78 is 30.7. The van der Waals surface area contributed by atoms with E-state index in [-0.39, 0.29) is 68.7 Å². The minimum Gasteiger partial charge on any atom is -0.480 e. The van der Waals surface area contributed by atoms with Crippen LogP contribution in [0.4, 0.5) is 8.78 Å². The Kier molecular flexibility index (Phi) is 21.7. The van der Waals surface area contributed by atoms with Crippen molar-refractivity contribution < 1.29 is 57.4 Å². The van der Waals surface area contributed by atoms with Crippen LogP contribution >= 0.6 is 0 Å². The summed E-state index contributed by atoms with van der Waals surface area (Å²) >= 11 is 0. The predicted octanol–water partition coefficient (Wildman–Crippen LogP) is 3.35.